The number of alkyl halides is 3. The summed E-state index contributed by atoms with van der Waals surface area (Å²) in [5, 5.41) is 1.93. The molecular formula is C12H19F3N2O3. The molecule has 2 amide bonds. The van der Waals surface area contributed by atoms with Gasteiger partial charge in [-0.3, -0.25) is 4.79 Å². The van der Waals surface area contributed by atoms with Gasteiger partial charge in [0.1, 0.15) is 0 Å². The van der Waals surface area contributed by atoms with Crippen LogP contribution in [0.1, 0.15) is 32.6 Å². The van der Waals surface area contributed by atoms with E-state index in [-0.39, 0.29) is 13.1 Å². The topological polar surface area (TPSA) is 58.6 Å². The Morgan fingerprint density at radius 2 is 1.90 bits per heavy atom. The summed E-state index contributed by atoms with van der Waals surface area (Å²) in [6, 6.07) is -0.552. The van der Waals surface area contributed by atoms with Gasteiger partial charge < -0.3 is 15.0 Å². The smallest absolute Gasteiger partial charge is 0.449 e. The van der Waals surface area contributed by atoms with Gasteiger partial charge in [0.05, 0.1) is 6.61 Å². The molecule has 0 radical (unpaired) electrons. The number of ether oxygens (including phenoxy) is 1. The minimum atomic E-state index is -4.86. The standard InChI is InChI=1S/C12H19F3N2O3/c1-2-3-8-20-11(19)17-6-4-9(5-7-17)16-10(18)12(13,14)15/h9H,2-8H2,1H3,(H,16,18). The number of amides is 2. The van der Waals surface area contributed by atoms with Crippen LogP contribution in [0.15, 0.2) is 0 Å². The second-order valence-electron chi connectivity index (χ2n) is 4.70. The molecule has 0 aromatic rings. The Morgan fingerprint density at radius 3 is 2.40 bits per heavy atom. The number of likely N-dealkylation sites (tertiary alicyclic amines) is 1. The lowest BCUT2D eigenvalue weighted by Crippen LogP contribution is -2.49. The number of rotatable bonds is 4. The molecule has 0 saturated carbocycles. The lowest BCUT2D eigenvalue weighted by Gasteiger charge is -2.31. The number of halogens is 3. The van der Waals surface area contributed by atoms with Gasteiger partial charge in [-0.2, -0.15) is 13.2 Å². The SMILES string of the molecule is CCCCOC(=O)N1CCC(NC(=O)C(F)(F)F)CC1. The third kappa shape index (κ3) is 5.26. The molecule has 1 saturated heterocycles. The fourth-order valence-corrected chi connectivity index (χ4v) is 1.87. The predicted molar refractivity (Wildman–Crippen MR) is 65.0 cm³/mol. The van der Waals surface area contributed by atoms with Gasteiger partial charge in [-0.05, 0) is 19.3 Å². The summed E-state index contributed by atoms with van der Waals surface area (Å²) in [6.07, 6.45) is -3.02. The molecule has 0 atom stereocenters. The van der Waals surface area contributed by atoms with Gasteiger partial charge in [-0.15, -0.1) is 0 Å². The Hall–Kier alpha value is -1.47. The Morgan fingerprint density at radius 1 is 1.30 bits per heavy atom. The molecule has 0 aromatic heterocycles. The molecule has 0 bridgehead atoms. The molecule has 8 heteroatoms. The molecule has 1 aliphatic rings. The Labute approximate surface area is 115 Å². The first-order valence-electron chi connectivity index (χ1n) is 6.64. The minimum Gasteiger partial charge on any atom is -0.449 e. The summed E-state index contributed by atoms with van der Waals surface area (Å²) in [7, 11) is 0. The van der Waals surface area contributed by atoms with Crippen molar-refractivity contribution in [2.75, 3.05) is 19.7 Å². The molecule has 1 aliphatic heterocycles. The molecule has 1 N–H and O–H groups in total. The van der Waals surface area contributed by atoms with Crippen molar-refractivity contribution in [3.05, 3.63) is 0 Å². The first kappa shape index (κ1) is 16.6. The molecular weight excluding hydrogens is 277 g/mol. The van der Waals surface area contributed by atoms with E-state index in [9.17, 15) is 22.8 Å². The summed E-state index contributed by atoms with van der Waals surface area (Å²) in [5.41, 5.74) is 0. The van der Waals surface area contributed by atoms with Crippen LogP contribution < -0.4 is 5.32 Å². The Balaban J connectivity index is 2.29. The Bertz CT molecular complexity index is 339. The molecule has 0 spiro atoms. The van der Waals surface area contributed by atoms with Crippen LogP contribution in [0.25, 0.3) is 0 Å². The lowest BCUT2D eigenvalue weighted by molar-refractivity contribution is -0.174. The van der Waals surface area contributed by atoms with E-state index in [2.05, 4.69) is 0 Å². The maximum atomic E-state index is 12.1. The van der Waals surface area contributed by atoms with Gasteiger partial charge in [0.15, 0.2) is 0 Å². The number of piperidine rings is 1. The predicted octanol–water partition coefficient (Wildman–Crippen LogP) is 2.07. The largest absolute Gasteiger partial charge is 0.471 e. The fraction of sp³-hybridized carbons (Fsp3) is 0.833. The van der Waals surface area contributed by atoms with Crippen LogP contribution in [0.4, 0.5) is 18.0 Å². The molecule has 0 aliphatic carbocycles. The number of hydrogen-bond donors (Lipinski definition) is 1. The van der Waals surface area contributed by atoms with Crippen molar-refractivity contribution in [2.45, 2.75) is 44.8 Å². The average molecular weight is 296 g/mol. The summed E-state index contributed by atoms with van der Waals surface area (Å²) >= 11 is 0. The fourth-order valence-electron chi connectivity index (χ4n) is 1.87. The summed E-state index contributed by atoms with van der Waals surface area (Å²) < 4.78 is 41.3. The summed E-state index contributed by atoms with van der Waals surface area (Å²) in [4.78, 5) is 23.8. The summed E-state index contributed by atoms with van der Waals surface area (Å²) in [5.74, 6) is -1.93. The first-order chi connectivity index (χ1) is 9.34. The van der Waals surface area contributed by atoms with E-state index < -0.39 is 24.2 Å². The maximum absolute atomic E-state index is 12.1. The van der Waals surface area contributed by atoms with Crippen molar-refractivity contribution in [1.29, 1.82) is 0 Å². The number of nitrogens with one attached hydrogen (secondary N) is 1. The van der Waals surface area contributed by atoms with Gasteiger partial charge in [0, 0.05) is 19.1 Å². The second kappa shape index (κ2) is 7.35. The highest BCUT2D eigenvalue weighted by molar-refractivity contribution is 5.82. The van der Waals surface area contributed by atoms with Crippen LogP contribution in [-0.2, 0) is 9.53 Å². The van der Waals surface area contributed by atoms with Crippen molar-refractivity contribution in [3.63, 3.8) is 0 Å². The normalized spacial score (nSPS) is 16.9. The van der Waals surface area contributed by atoms with E-state index >= 15 is 0 Å². The maximum Gasteiger partial charge on any atom is 0.471 e. The number of carbonyl (C=O) groups excluding carboxylic acids is 2. The van der Waals surface area contributed by atoms with Crippen molar-refractivity contribution >= 4 is 12.0 Å². The zero-order valence-electron chi connectivity index (χ0n) is 11.3. The van der Waals surface area contributed by atoms with Crippen LogP contribution >= 0.6 is 0 Å². The van der Waals surface area contributed by atoms with Gasteiger partial charge in [-0.1, -0.05) is 13.3 Å². The van der Waals surface area contributed by atoms with E-state index in [4.69, 9.17) is 4.74 Å². The first-order valence-corrected chi connectivity index (χ1v) is 6.64. The van der Waals surface area contributed by atoms with Crippen LogP contribution in [0.3, 0.4) is 0 Å². The minimum absolute atomic E-state index is 0.285. The van der Waals surface area contributed by atoms with Crippen molar-refractivity contribution in [3.8, 4) is 0 Å². The third-order valence-electron chi connectivity index (χ3n) is 3.07. The highest BCUT2D eigenvalue weighted by Crippen LogP contribution is 2.17. The van der Waals surface area contributed by atoms with E-state index in [0.29, 0.717) is 19.4 Å². The van der Waals surface area contributed by atoms with Crippen LogP contribution in [0.5, 0.6) is 0 Å². The third-order valence-corrected chi connectivity index (χ3v) is 3.07. The van der Waals surface area contributed by atoms with Crippen LogP contribution in [0, 0.1) is 0 Å². The molecule has 1 rings (SSSR count). The molecule has 1 heterocycles. The van der Waals surface area contributed by atoms with Gasteiger partial charge in [0.25, 0.3) is 0 Å². The molecule has 5 nitrogen and oxygen atoms in total. The highest BCUT2D eigenvalue weighted by Gasteiger charge is 2.40. The van der Waals surface area contributed by atoms with Crippen molar-refractivity contribution in [1.82, 2.24) is 10.2 Å². The molecule has 0 unspecified atom stereocenters. The van der Waals surface area contributed by atoms with Crippen LogP contribution in [-0.4, -0.2) is 48.8 Å². The van der Waals surface area contributed by atoms with E-state index in [1.807, 2.05) is 12.2 Å². The molecule has 0 aromatic carbocycles. The van der Waals surface area contributed by atoms with Crippen molar-refractivity contribution in [2.24, 2.45) is 0 Å². The monoisotopic (exact) mass is 296 g/mol. The van der Waals surface area contributed by atoms with Gasteiger partial charge in [0.2, 0.25) is 0 Å². The number of hydrogen-bond acceptors (Lipinski definition) is 3. The zero-order valence-corrected chi connectivity index (χ0v) is 11.3. The number of unbranched alkanes of at least 4 members (excludes halogenated alkanes) is 1. The number of carbonyl (C=O) groups is 2. The summed E-state index contributed by atoms with van der Waals surface area (Å²) in [6.45, 7) is 2.89. The van der Waals surface area contributed by atoms with Crippen molar-refractivity contribution < 1.29 is 27.5 Å². The van der Waals surface area contributed by atoms with E-state index in [1.54, 1.807) is 0 Å². The quantitative estimate of drug-likeness (QED) is 0.808. The van der Waals surface area contributed by atoms with Gasteiger partial charge in [-0.25, -0.2) is 4.79 Å². The lowest BCUT2D eigenvalue weighted by atomic mass is 10.1. The van der Waals surface area contributed by atoms with E-state index in [0.717, 1.165) is 12.8 Å². The molecule has 20 heavy (non-hydrogen) atoms. The average Bonchev–Trinajstić information content (AvgIpc) is 2.38. The Kier molecular flexibility index (Phi) is 6.09. The van der Waals surface area contributed by atoms with E-state index in [1.165, 1.54) is 4.90 Å². The number of nitrogens with zero attached hydrogens (tertiary/aromatic N) is 1. The van der Waals surface area contributed by atoms with Gasteiger partial charge >= 0.3 is 18.2 Å². The zero-order chi connectivity index (χ0) is 15.2. The molecule has 116 valence electrons. The highest BCUT2D eigenvalue weighted by atomic mass is 19.4. The van der Waals surface area contributed by atoms with Crippen LogP contribution in [0.2, 0.25) is 0 Å². The second-order valence-corrected chi connectivity index (χ2v) is 4.70. The molecule has 1 fully saturated rings.